The van der Waals surface area contributed by atoms with Crippen LogP contribution in [0.1, 0.15) is 0 Å². The molecule has 1 aliphatic heterocycles. The first-order chi connectivity index (χ1) is 3.93. The van der Waals surface area contributed by atoms with Gasteiger partial charge in [0.2, 0.25) is 0 Å². The lowest BCUT2D eigenvalue weighted by atomic mass is 10.3. The summed E-state index contributed by atoms with van der Waals surface area (Å²) in [6.07, 6.45) is 6.92. The van der Waals surface area contributed by atoms with Crippen molar-refractivity contribution in [2.75, 3.05) is 0 Å². The summed E-state index contributed by atoms with van der Waals surface area (Å²) in [5.41, 5.74) is 0.479. The molecule has 0 atom stereocenters. The molecule has 3 nitrogen and oxygen atoms in total. The highest BCUT2D eigenvalue weighted by atomic mass is 16.1. The van der Waals surface area contributed by atoms with Gasteiger partial charge in [-0.2, -0.15) is 0 Å². The lowest BCUT2D eigenvalue weighted by Gasteiger charge is -1.97. The van der Waals surface area contributed by atoms with Gasteiger partial charge < -0.3 is 5.32 Å². The smallest absolute Gasteiger partial charge is 0.150 e. The third-order valence-electron chi connectivity index (χ3n) is 0.819. The van der Waals surface area contributed by atoms with Crippen molar-refractivity contribution in [2.45, 2.75) is 0 Å². The summed E-state index contributed by atoms with van der Waals surface area (Å²) in [6, 6.07) is 0. The third kappa shape index (κ3) is 1.95. The summed E-state index contributed by atoms with van der Waals surface area (Å²) in [5, 5.41) is 2.69. The number of rotatable bonds is 0. The monoisotopic (exact) mass is 121 g/mol. The highest BCUT2D eigenvalue weighted by Gasteiger charge is 1.87. The van der Waals surface area contributed by atoms with E-state index in [0.29, 0.717) is 5.70 Å². The molecule has 0 aliphatic carbocycles. The average Bonchev–Trinajstić information content (AvgIpc) is 1.90. The van der Waals surface area contributed by atoms with Gasteiger partial charge in [-0.1, -0.05) is 6.08 Å². The molecule has 0 spiro atoms. The first-order valence-corrected chi connectivity index (χ1v) is 2.28. The number of allylic oxidation sites excluding steroid dienone is 3. The molecule has 3 heteroatoms. The molecule has 0 amide bonds. The molecule has 45 valence electrons. The first-order valence-electron chi connectivity index (χ1n) is 2.28. The number of nitrogens with zero attached hydrogens (tertiary/aromatic N) is 1. The Kier molecular flexibility index (Phi) is 3.13. The molecule has 1 heterocycles. The quantitative estimate of drug-likeness (QED) is 0.455. The van der Waals surface area contributed by atoms with Crippen LogP contribution < -0.4 is 11.5 Å². The van der Waals surface area contributed by atoms with E-state index >= 15 is 0 Å². The number of dihydropyridines is 1. The number of hydrogen-bond acceptors (Lipinski definition) is 2. The number of hydrogen-bond donors (Lipinski definition) is 1. The van der Waals surface area contributed by atoms with Crippen LogP contribution in [0.4, 0.5) is 0 Å². The highest BCUT2D eigenvalue weighted by Crippen LogP contribution is 1.91. The molecule has 0 fully saturated rings. The van der Waals surface area contributed by atoms with Crippen molar-refractivity contribution in [1.82, 2.24) is 11.5 Å². The van der Waals surface area contributed by atoms with E-state index in [0.717, 1.165) is 0 Å². The van der Waals surface area contributed by atoms with Crippen molar-refractivity contribution in [3.05, 3.63) is 30.1 Å². The van der Waals surface area contributed by atoms with Crippen LogP contribution in [0.3, 0.4) is 0 Å². The van der Waals surface area contributed by atoms with Crippen LogP contribution in [0.2, 0.25) is 0 Å². The molecule has 3 radical (unpaired) electrons. The number of carbonyl (C=O) groups excluding carboxylic acids is 1. The van der Waals surface area contributed by atoms with Crippen LogP contribution >= 0.6 is 0 Å². The molecule has 0 bridgehead atoms. The fourth-order valence-electron chi connectivity index (χ4n) is 0.457. The van der Waals surface area contributed by atoms with Gasteiger partial charge in [-0.3, -0.25) is 0 Å². The van der Waals surface area contributed by atoms with Crippen LogP contribution in [0.15, 0.2) is 30.1 Å². The summed E-state index contributed by atoms with van der Waals surface area (Å²) >= 11 is 0. The topological polar surface area (TPSA) is 59.6 Å². The normalized spacial score (nSPS) is 13.6. The summed E-state index contributed by atoms with van der Waals surface area (Å²) in [6.45, 7) is 0. The van der Waals surface area contributed by atoms with Crippen LogP contribution in [0.25, 0.3) is 0 Å². The Bertz CT molecular complexity index is 187. The molecule has 9 heavy (non-hydrogen) atoms. The Labute approximate surface area is 53.3 Å². The standard InChI is InChI=1S/C6H5NO.N/c8-5-6-3-1-2-4-7-6;/h1-4,7H;. The lowest BCUT2D eigenvalue weighted by molar-refractivity contribution is 0.566. The molecule has 0 aromatic rings. The average molecular weight is 121 g/mol. The van der Waals surface area contributed by atoms with Gasteiger partial charge in [0, 0.05) is 12.4 Å². The minimum absolute atomic E-state index is 0. The molecule has 0 aromatic heterocycles. The Hall–Kier alpha value is -1.31. The summed E-state index contributed by atoms with van der Waals surface area (Å²) in [5.74, 6) is 1.72. The maximum Gasteiger partial charge on any atom is 0.150 e. The van der Waals surface area contributed by atoms with Gasteiger partial charge in [0.15, 0.2) is 5.94 Å². The second-order valence-corrected chi connectivity index (χ2v) is 1.38. The molecule has 1 rings (SSSR count). The van der Waals surface area contributed by atoms with Gasteiger partial charge >= 0.3 is 0 Å². The van der Waals surface area contributed by atoms with Crippen molar-refractivity contribution in [3.8, 4) is 0 Å². The zero-order valence-electron chi connectivity index (χ0n) is 4.66. The van der Waals surface area contributed by atoms with Crippen molar-refractivity contribution in [1.29, 1.82) is 0 Å². The summed E-state index contributed by atoms with van der Waals surface area (Å²) < 4.78 is 0. The SMILES string of the molecule is O=C=C1C=CC=CN1.[N]. The van der Waals surface area contributed by atoms with E-state index in [4.69, 9.17) is 0 Å². The van der Waals surface area contributed by atoms with Gasteiger partial charge in [0.25, 0.3) is 0 Å². The minimum atomic E-state index is 0. The molecule has 1 N–H and O–H groups in total. The maximum atomic E-state index is 9.85. The predicted octanol–water partition coefficient (Wildman–Crippen LogP) is -0.106. The Balaban J connectivity index is 0.000000640. The molecule has 0 aromatic carbocycles. The van der Waals surface area contributed by atoms with E-state index < -0.39 is 0 Å². The van der Waals surface area contributed by atoms with Crippen molar-refractivity contribution in [2.24, 2.45) is 0 Å². The Morgan fingerprint density at radius 1 is 1.44 bits per heavy atom. The van der Waals surface area contributed by atoms with Crippen LogP contribution in [-0.2, 0) is 4.79 Å². The molecular formula is C6H5N2O. The molecule has 0 saturated carbocycles. The molecule has 1 aliphatic rings. The maximum absolute atomic E-state index is 9.85. The zero-order chi connectivity index (χ0) is 5.82. The molecule has 0 unspecified atom stereocenters. The fraction of sp³-hybridized carbons (Fsp3) is 0. The van der Waals surface area contributed by atoms with E-state index in [1.807, 2.05) is 0 Å². The van der Waals surface area contributed by atoms with E-state index in [-0.39, 0.29) is 6.15 Å². The summed E-state index contributed by atoms with van der Waals surface area (Å²) in [4.78, 5) is 9.85. The van der Waals surface area contributed by atoms with Crippen molar-refractivity contribution in [3.63, 3.8) is 0 Å². The predicted molar refractivity (Wildman–Crippen MR) is 32.8 cm³/mol. The van der Waals surface area contributed by atoms with Gasteiger partial charge in [0.1, 0.15) is 5.70 Å². The van der Waals surface area contributed by atoms with Crippen LogP contribution in [-0.4, -0.2) is 5.94 Å². The number of nitrogens with one attached hydrogen (secondary N) is 1. The van der Waals surface area contributed by atoms with Crippen LogP contribution in [0.5, 0.6) is 0 Å². The van der Waals surface area contributed by atoms with E-state index in [1.165, 1.54) is 0 Å². The second kappa shape index (κ2) is 3.66. The first kappa shape index (κ1) is 7.69. The molecule has 0 saturated heterocycles. The van der Waals surface area contributed by atoms with Gasteiger partial charge in [-0.25, -0.2) is 4.79 Å². The second-order valence-electron chi connectivity index (χ2n) is 1.38. The van der Waals surface area contributed by atoms with E-state index in [2.05, 4.69) is 5.32 Å². The minimum Gasteiger partial charge on any atom is -0.353 e. The van der Waals surface area contributed by atoms with E-state index in [9.17, 15) is 4.79 Å². The third-order valence-corrected chi connectivity index (χ3v) is 0.819. The van der Waals surface area contributed by atoms with Gasteiger partial charge in [-0.15, -0.1) is 0 Å². The molecular weight excluding hydrogens is 116 g/mol. The Morgan fingerprint density at radius 2 is 2.22 bits per heavy atom. The van der Waals surface area contributed by atoms with Crippen molar-refractivity contribution >= 4 is 5.94 Å². The Morgan fingerprint density at radius 3 is 2.56 bits per heavy atom. The largest absolute Gasteiger partial charge is 0.353 e. The van der Waals surface area contributed by atoms with E-state index in [1.54, 1.807) is 30.4 Å². The zero-order valence-corrected chi connectivity index (χ0v) is 4.66. The van der Waals surface area contributed by atoms with Crippen LogP contribution in [0, 0.1) is 0 Å². The lowest BCUT2D eigenvalue weighted by Crippen LogP contribution is -2.04. The van der Waals surface area contributed by atoms with Gasteiger partial charge in [0.05, 0.1) is 0 Å². The highest BCUT2D eigenvalue weighted by molar-refractivity contribution is 5.57. The van der Waals surface area contributed by atoms with Crippen molar-refractivity contribution < 1.29 is 4.79 Å². The van der Waals surface area contributed by atoms with Gasteiger partial charge in [-0.05, 0) is 12.2 Å². The summed E-state index contributed by atoms with van der Waals surface area (Å²) in [7, 11) is 0. The fourth-order valence-corrected chi connectivity index (χ4v) is 0.457.